The average Bonchev–Trinajstić information content (AvgIpc) is 3.10. The van der Waals surface area contributed by atoms with Gasteiger partial charge in [0.2, 0.25) is 5.95 Å². The van der Waals surface area contributed by atoms with Crippen molar-refractivity contribution >= 4 is 5.95 Å². The summed E-state index contributed by atoms with van der Waals surface area (Å²) in [5, 5.41) is 13.2. The number of rotatable bonds is 7. The van der Waals surface area contributed by atoms with Gasteiger partial charge in [0.05, 0.1) is 35.7 Å². The molecule has 1 aliphatic heterocycles. The van der Waals surface area contributed by atoms with Crippen LogP contribution in [0.25, 0.3) is 0 Å². The summed E-state index contributed by atoms with van der Waals surface area (Å²) in [7, 11) is 0. The summed E-state index contributed by atoms with van der Waals surface area (Å²) >= 11 is 0. The summed E-state index contributed by atoms with van der Waals surface area (Å²) in [5.41, 5.74) is -1.09. The predicted molar refractivity (Wildman–Crippen MR) is 107 cm³/mol. The van der Waals surface area contributed by atoms with Crippen LogP contribution in [0.4, 0.5) is 23.5 Å². The minimum Gasteiger partial charge on any atom is -0.375 e. The highest BCUT2D eigenvalue weighted by molar-refractivity contribution is 5.29. The number of hydrogen-bond acceptors (Lipinski definition) is 6. The first-order valence-corrected chi connectivity index (χ1v) is 9.64. The van der Waals surface area contributed by atoms with E-state index in [9.17, 15) is 22.7 Å². The Balaban J connectivity index is 1.79. The molecule has 2 aromatic rings. The van der Waals surface area contributed by atoms with Crippen LogP contribution in [0.1, 0.15) is 25.0 Å². The number of alkyl halides is 3. The van der Waals surface area contributed by atoms with Crippen LogP contribution in [0.5, 0.6) is 0 Å². The molecule has 1 aromatic carbocycles. The molecule has 3 rings (SSSR count). The molecule has 1 unspecified atom stereocenters. The fraction of sp³-hybridized carbons (Fsp3) is 0.429. The van der Waals surface area contributed by atoms with Gasteiger partial charge in [0, 0.05) is 13.1 Å². The van der Waals surface area contributed by atoms with Crippen LogP contribution >= 0.6 is 0 Å². The average molecular weight is 440 g/mol. The Hall–Kier alpha value is -2.56. The van der Waals surface area contributed by atoms with E-state index in [1.54, 1.807) is 18.7 Å². The third-order valence-corrected chi connectivity index (χ3v) is 5.17. The number of ether oxygens (including phenoxy) is 1. The van der Waals surface area contributed by atoms with Crippen molar-refractivity contribution in [3.63, 3.8) is 0 Å². The van der Waals surface area contributed by atoms with Crippen molar-refractivity contribution in [1.29, 1.82) is 0 Å². The van der Waals surface area contributed by atoms with Crippen LogP contribution < -0.4 is 5.32 Å². The van der Waals surface area contributed by atoms with Crippen molar-refractivity contribution in [3.05, 3.63) is 66.3 Å². The van der Waals surface area contributed by atoms with Crippen molar-refractivity contribution in [3.8, 4) is 0 Å². The molecule has 168 valence electrons. The van der Waals surface area contributed by atoms with Crippen molar-refractivity contribution in [2.24, 2.45) is 0 Å². The number of aliphatic hydroxyl groups is 1. The zero-order valence-electron chi connectivity index (χ0n) is 17.1. The molecule has 2 heterocycles. The van der Waals surface area contributed by atoms with Gasteiger partial charge in [-0.3, -0.25) is 4.90 Å². The van der Waals surface area contributed by atoms with Crippen LogP contribution in [-0.4, -0.2) is 51.4 Å². The highest BCUT2D eigenvalue weighted by Crippen LogP contribution is 2.34. The van der Waals surface area contributed by atoms with Crippen LogP contribution in [0.2, 0.25) is 0 Å². The van der Waals surface area contributed by atoms with E-state index in [4.69, 9.17) is 4.74 Å². The number of benzene rings is 1. The fourth-order valence-corrected chi connectivity index (χ4v) is 3.49. The molecule has 3 atom stereocenters. The molecule has 31 heavy (non-hydrogen) atoms. The molecule has 0 spiro atoms. The molecule has 10 heteroatoms. The van der Waals surface area contributed by atoms with Gasteiger partial charge in [0.15, 0.2) is 5.82 Å². The largest absolute Gasteiger partial charge is 0.416 e. The van der Waals surface area contributed by atoms with Crippen molar-refractivity contribution in [1.82, 2.24) is 14.9 Å². The second kappa shape index (κ2) is 8.89. The van der Waals surface area contributed by atoms with E-state index in [0.29, 0.717) is 18.7 Å². The molecule has 1 fully saturated rings. The van der Waals surface area contributed by atoms with E-state index in [1.165, 1.54) is 18.2 Å². The van der Waals surface area contributed by atoms with E-state index >= 15 is 0 Å². The maximum atomic E-state index is 13.1. The van der Waals surface area contributed by atoms with Gasteiger partial charge in [-0.1, -0.05) is 18.7 Å². The van der Waals surface area contributed by atoms with Crippen molar-refractivity contribution < 1.29 is 27.4 Å². The molecule has 0 saturated carbocycles. The van der Waals surface area contributed by atoms with Gasteiger partial charge in [0.1, 0.15) is 6.23 Å². The first-order chi connectivity index (χ1) is 14.5. The molecule has 1 saturated heterocycles. The third kappa shape index (κ3) is 5.57. The van der Waals surface area contributed by atoms with Gasteiger partial charge in [-0.15, -0.1) is 0 Å². The fourth-order valence-electron chi connectivity index (χ4n) is 3.49. The molecule has 0 radical (unpaired) electrons. The number of hydrogen-bond donors (Lipinski definition) is 2. The Morgan fingerprint density at radius 3 is 2.29 bits per heavy atom. The lowest BCUT2D eigenvalue weighted by Gasteiger charge is -2.32. The highest BCUT2D eigenvalue weighted by Gasteiger charge is 2.40. The Bertz CT molecular complexity index is 888. The first kappa shape index (κ1) is 23.1. The second-order valence-electron chi connectivity index (χ2n) is 7.82. The van der Waals surface area contributed by atoms with Gasteiger partial charge >= 0.3 is 6.18 Å². The van der Waals surface area contributed by atoms with Crippen LogP contribution in [0.15, 0.2) is 49.3 Å². The Morgan fingerprint density at radius 1 is 1.16 bits per heavy atom. The molecule has 1 aromatic heterocycles. The number of aromatic nitrogens is 2. The Labute approximate surface area is 177 Å². The minimum absolute atomic E-state index is 0.197. The molecular formula is C21H24F4N4O2. The second-order valence-corrected chi connectivity index (χ2v) is 7.82. The lowest BCUT2D eigenvalue weighted by atomic mass is 9.96. The standard InChI is InChI=1S/C21H24F4N4O2/c1-4-18(30)29-11-16(28-19-26-9-15(22)10-27-19)17(12-29)31-20(2,3)13-5-7-14(8-6-13)21(23,24)25/h4-10,16-18,30H,1,11-12H2,2-3H3,(H,26,27,28)/t16-,17-,18?/m1/s1. The van der Waals surface area contributed by atoms with Crippen LogP contribution in [0.3, 0.4) is 0 Å². The zero-order valence-corrected chi connectivity index (χ0v) is 17.1. The molecular weight excluding hydrogens is 416 g/mol. The van der Waals surface area contributed by atoms with Gasteiger partial charge < -0.3 is 15.2 Å². The summed E-state index contributed by atoms with van der Waals surface area (Å²) in [5.74, 6) is -0.376. The number of aliphatic hydroxyl groups excluding tert-OH is 1. The quantitative estimate of drug-likeness (QED) is 0.507. The smallest absolute Gasteiger partial charge is 0.375 e. The van der Waals surface area contributed by atoms with Gasteiger partial charge in [-0.05, 0) is 37.6 Å². The third-order valence-electron chi connectivity index (χ3n) is 5.17. The number of likely N-dealkylation sites (tertiary alicyclic amines) is 1. The minimum atomic E-state index is -4.42. The van der Waals surface area contributed by atoms with Crippen LogP contribution in [0, 0.1) is 5.82 Å². The molecule has 1 aliphatic rings. The van der Waals surface area contributed by atoms with E-state index < -0.39 is 35.5 Å². The molecule has 0 bridgehead atoms. The maximum absolute atomic E-state index is 13.1. The Morgan fingerprint density at radius 2 is 1.74 bits per heavy atom. The summed E-state index contributed by atoms with van der Waals surface area (Å²) in [6.45, 7) is 7.80. The van der Waals surface area contributed by atoms with Crippen molar-refractivity contribution in [2.45, 2.75) is 44.0 Å². The van der Waals surface area contributed by atoms with E-state index in [2.05, 4.69) is 21.9 Å². The van der Waals surface area contributed by atoms with Crippen LogP contribution in [-0.2, 0) is 16.5 Å². The van der Waals surface area contributed by atoms with Gasteiger partial charge in [-0.2, -0.15) is 13.2 Å². The molecule has 0 amide bonds. The summed E-state index contributed by atoms with van der Waals surface area (Å²) in [6.07, 6.45) is -2.34. The Kier molecular flexibility index (Phi) is 6.63. The number of nitrogens with zero attached hydrogens (tertiary/aromatic N) is 3. The number of anilines is 1. The predicted octanol–water partition coefficient (Wildman–Crippen LogP) is 3.56. The SMILES string of the molecule is C=CC(O)N1C[C@@H](Nc2ncc(F)cn2)[C@H](OC(C)(C)c2ccc(C(F)(F)F)cc2)C1. The molecule has 0 aliphatic carbocycles. The first-order valence-electron chi connectivity index (χ1n) is 9.64. The van der Waals surface area contributed by atoms with E-state index in [1.807, 2.05) is 0 Å². The van der Waals surface area contributed by atoms with Crippen molar-refractivity contribution in [2.75, 3.05) is 18.4 Å². The lowest BCUT2D eigenvalue weighted by molar-refractivity contribution is -0.137. The maximum Gasteiger partial charge on any atom is 0.416 e. The molecule has 6 nitrogen and oxygen atoms in total. The zero-order chi connectivity index (χ0) is 22.8. The van der Waals surface area contributed by atoms with E-state index in [-0.39, 0.29) is 12.0 Å². The number of nitrogens with one attached hydrogen (secondary N) is 1. The van der Waals surface area contributed by atoms with Gasteiger partial charge in [0.25, 0.3) is 0 Å². The topological polar surface area (TPSA) is 70.5 Å². The molecule has 2 N–H and O–H groups in total. The summed E-state index contributed by atoms with van der Waals surface area (Å²) < 4.78 is 58.0. The van der Waals surface area contributed by atoms with E-state index in [0.717, 1.165) is 24.5 Å². The van der Waals surface area contributed by atoms with Gasteiger partial charge in [-0.25, -0.2) is 14.4 Å². The monoisotopic (exact) mass is 440 g/mol. The number of halogens is 4. The normalized spacial score (nSPS) is 21.1. The highest BCUT2D eigenvalue weighted by atomic mass is 19.4. The lowest BCUT2D eigenvalue weighted by Crippen LogP contribution is -2.40. The summed E-state index contributed by atoms with van der Waals surface area (Å²) in [6, 6.07) is 4.45. The summed E-state index contributed by atoms with van der Waals surface area (Å²) in [4.78, 5) is 9.51.